The highest BCUT2D eigenvalue weighted by atomic mass is 19.4. The Bertz CT molecular complexity index is 606. The standard InChI is InChI=1S/C16H18F3NO/c1-9-6-11(9)10-4-5-12-13(7-10)20(8-16(17,18)19)14(21)15(12,2)3/h4-5,7,9,11H,6,8H2,1-3H3/t9-,11-/m0/s1. The largest absolute Gasteiger partial charge is 0.406 e. The lowest BCUT2D eigenvalue weighted by molar-refractivity contribution is -0.134. The lowest BCUT2D eigenvalue weighted by Gasteiger charge is -2.21. The van der Waals surface area contributed by atoms with Gasteiger partial charge in [0.15, 0.2) is 0 Å². The number of fused-ring (bicyclic) bond motifs is 1. The summed E-state index contributed by atoms with van der Waals surface area (Å²) in [6.07, 6.45) is -3.33. The highest BCUT2D eigenvalue weighted by Gasteiger charge is 2.48. The van der Waals surface area contributed by atoms with Crippen molar-refractivity contribution in [3.8, 4) is 0 Å². The zero-order valence-corrected chi connectivity index (χ0v) is 12.3. The molecule has 1 aromatic carbocycles. The molecule has 21 heavy (non-hydrogen) atoms. The topological polar surface area (TPSA) is 20.3 Å². The number of hydrogen-bond donors (Lipinski definition) is 0. The Labute approximate surface area is 121 Å². The minimum atomic E-state index is -4.39. The van der Waals surface area contributed by atoms with E-state index < -0.39 is 24.0 Å². The van der Waals surface area contributed by atoms with E-state index in [-0.39, 0.29) is 0 Å². The van der Waals surface area contributed by atoms with Gasteiger partial charge in [-0.05, 0) is 49.3 Å². The summed E-state index contributed by atoms with van der Waals surface area (Å²) in [4.78, 5) is 13.2. The van der Waals surface area contributed by atoms with Crippen LogP contribution in [0.2, 0.25) is 0 Å². The van der Waals surface area contributed by atoms with Crippen LogP contribution >= 0.6 is 0 Å². The first-order chi connectivity index (χ1) is 9.61. The molecule has 114 valence electrons. The molecule has 1 saturated carbocycles. The van der Waals surface area contributed by atoms with Gasteiger partial charge in [-0.1, -0.05) is 19.1 Å². The smallest absolute Gasteiger partial charge is 0.302 e. The molecule has 1 aliphatic carbocycles. The van der Waals surface area contributed by atoms with Crippen molar-refractivity contribution < 1.29 is 18.0 Å². The summed E-state index contributed by atoms with van der Waals surface area (Å²) in [6, 6.07) is 5.56. The predicted octanol–water partition coefficient (Wildman–Crippen LogP) is 4.00. The molecule has 2 atom stereocenters. The van der Waals surface area contributed by atoms with E-state index in [2.05, 4.69) is 6.92 Å². The Kier molecular flexibility index (Phi) is 2.91. The number of benzene rings is 1. The number of rotatable bonds is 2. The number of hydrogen-bond acceptors (Lipinski definition) is 1. The number of amides is 1. The van der Waals surface area contributed by atoms with Crippen LogP contribution in [0, 0.1) is 5.92 Å². The van der Waals surface area contributed by atoms with Crippen LogP contribution in [-0.4, -0.2) is 18.6 Å². The van der Waals surface area contributed by atoms with Gasteiger partial charge in [-0.3, -0.25) is 4.79 Å². The van der Waals surface area contributed by atoms with Gasteiger partial charge in [0.2, 0.25) is 5.91 Å². The molecule has 1 aromatic rings. The van der Waals surface area contributed by atoms with E-state index in [0.717, 1.165) is 16.9 Å². The van der Waals surface area contributed by atoms with Crippen LogP contribution in [0.5, 0.6) is 0 Å². The average Bonchev–Trinajstić information content (AvgIpc) is 3.06. The molecule has 2 nitrogen and oxygen atoms in total. The maximum absolute atomic E-state index is 12.8. The van der Waals surface area contributed by atoms with Gasteiger partial charge in [-0.15, -0.1) is 0 Å². The van der Waals surface area contributed by atoms with Crippen LogP contribution < -0.4 is 4.90 Å². The summed E-state index contributed by atoms with van der Waals surface area (Å²) >= 11 is 0. The third-order valence-electron chi connectivity index (χ3n) is 4.64. The predicted molar refractivity (Wildman–Crippen MR) is 74.4 cm³/mol. The Morgan fingerprint density at radius 1 is 1.33 bits per heavy atom. The number of carbonyl (C=O) groups excluding carboxylic acids is 1. The van der Waals surface area contributed by atoms with Crippen LogP contribution in [0.25, 0.3) is 0 Å². The van der Waals surface area contributed by atoms with E-state index >= 15 is 0 Å². The van der Waals surface area contributed by atoms with Crippen LogP contribution in [0.15, 0.2) is 18.2 Å². The Morgan fingerprint density at radius 3 is 2.48 bits per heavy atom. The van der Waals surface area contributed by atoms with Crippen molar-refractivity contribution in [1.82, 2.24) is 0 Å². The van der Waals surface area contributed by atoms with E-state index in [4.69, 9.17) is 0 Å². The van der Waals surface area contributed by atoms with Gasteiger partial charge in [-0.25, -0.2) is 0 Å². The molecule has 3 rings (SSSR count). The molecule has 1 heterocycles. The molecule has 0 radical (unpaired) electrons. The SMILES string of the molecule is C[C@H]1C[C@@H]1c1ccc2c(c1)N(CC(F)(F)F)C(=O)C2(C)C. The van der Waals surface area contributed by atoms with E-state index in [9.17, 15) is 18.0 Å². The molecule has 1 aliphatic heterocycles. The minimum Gasteiger partial charge on any atom is -0.302 e. The Balaban J connectivity index is 2.04. The fourth-order valence-electron chi connectivity index (χ4n) is 3.22. The van der Waals surface area contributed by atoms with Crippen molar-refractivity contribution in [3.05, 3.63) is 29.3 Å². The number of anilines is 1. The lowest BCUT2D eigenvalue weighted by atomic mass is 9.85. The van der Waals surface area contributed by atoms with Crippen molar-refractivity contribution >= 4 is 11.6 Å². The van der Waals surface area contributed by atoms with Gasteiger partial charge < -0.3 is 4.90 Å². The van der Waals surface area contributed by atoms with E-state index in [1.165, 1.54) is 0 Å². The molecule has 1 fully saturated rings. The average molecular weight is 297 g/mol. The summed E-state index contributed by atoms with van der Waals surface area (Å²) in [5.41, 5.74) is 1.26. The van der Waals surface area contributed by atoms with Crippen molar-refractivity contribution in [1.29, 1.82) is 0 Å². The van der Waals surface area contributed by atoms with E-state index in [1.54, 1.807) is 19.9 Å². The molecular weight excluding hydrogens is 279 g/mol. The summed E-state index contributed by atoms with van der Waals surface area (Å²) in [5, 5.41) is 0. The maximum Gasteiger partial charge on any atom is 0.406 e. The molecular formula is C16H18F3NO. The zero-order chi connectivity index (χ0) is 15.6. The first-order valence-corrected chi connectivity index (χ1v) is 7.14. The number of halogens is 3. The Hall–Kier alpha value is -1.52. The first-order valence-electron chi connectivity index (χ1n) is 7.14. The number of alkyl halides is 3. The minimum absolute atomic E-state index is 0.418. The van der Waals surface area contributed by atoms with Gasteiger partial charge in [0.1, 0.15) is 6.54 Å². The molecule has 0 aromatic heterocycles. The number of nitrogens with zero attached hydrogens (tertiary/aromatic N) is 1. The Morgan fingerprint density at radius 2 is 1.95 bits per heavy atom. The second kappa shape index (κ2) is 4.24. The van der Waals surface area contributed by atoms with Crippen molar-refractivity contribution in [3.63, 3.8) is 0 Å². The van der Waals surface area contributed by atoms with E-state index in [1.807, 2.05) is 12.1 Å². The lowest BCUT2D eigenvalue weighted by Crippen LogP contribution is -2.41. The van der Waals surface area contributed by atoms with Crippen LogP contribution in [0.4, 0.5) is 18.9 Å². The van der Waals surface area contributed by atoms with Crippen molar-refractivity contribution in [2.75, 3.05) is 11.4 Å². The van der Waals surface area contributed by atoms with Gasteiger partial charge in [0.25, 0.3) is 0 Å². The third-order valence-corrected chi connectivity index (χ3v) is 4.64. The molecule has 0 unspecified atom stereocenters. The van der Waals surface area contributed by atoms with Crippen molar-refractivity contribution in [2.45, 2.75) is 44.7 Å². The molecule has 0 N–H and O–H groups in total. The fraction of sp³-hybridized carbons (Fsp3) is 0.562. The monoisotopic (exact) mass is 297 g/mol. The summed E-state index contributed by atoms with van der Waals surface area (Å²) in [5.74, 6) is 0.516. The normalized spacial score (nSPS) is 27.0. The van der Waals surface area contributed by atoms with Crippen molar-refractivity contribution in [2.24, 2.45) is 5.92 Å². The molecule has 0 bridgehead atoms. The molecule has 0 spiro atoms. The second-order valence-corrected chi connectivity index (χ2v) is 6.73. The van der Waals surface area contributed by atoms with Gasteiger partial charge in [0, 0.05) is 5.69 Å². The van der Waals surface area contributed by atoms with Gasteiger partial charge in [0.05, 0.1) is 5.41 Å². The summed E-state index contributed by atoms with van der Waals surface area (Å²) in [7, 11) is 0. The molecule has 2 aliphatic rings. The van der Waals surface area contributed by atoms with Crippen LogP contribution in [0.1, 0.15) is 44.2 Å². The van der Waals surface area contributed by atoms with Crippen LogP contribution in [0.3, 0.4) is 0 Å². The van der Waals surface area contributed by atoms with E-state index in [0.29, 0.717) is 23.1 Å². The molecule has 1 amide bonds. The highest BCUT2D eigenvalue weighted by Crippen LogP contribution is 2.50. The second-order valence-electron chi connectivity index (χ2n) is 6.73. The van der Waals surface area contributed by atoms with Gasteiger partial charge in [-0.2, -0.15) is 13.2 Å². The fourth-order valence-corrected chi connectivity index (χ4v) is 3.22. The zero-order valence-electron chi connectivity index (χ0n) is 12.3. The maximum atomic E-state index is 12.8. The van der Waals surface area contributed by atoms with Gasteiger partial charge >= 0.3 is 6.18 Å². The third kappa shape index (κ3) is 2.32. The highest BCUT2D eigenvalue weighted by molar-refractivity contribution is 6.07. The molecule has 5 heteroatoms. The summed E-state index contributed by atoms with van der Waals surface area (Å²) in [6.45, 7) is 4.28. The molecule has 0 saturated heterocycles. The number of carbonyl (C=O) groups is 1. The quantitative estimate of drug-likeness (QED) is 0.808. The first kappa shape index (κ1) is 14.4. The summed E-state index contributed by atoms with van der Waals surface area (Å²) < 4.78 is 38.3. The van der Waals surface area contributed by atoms with Crippen LogP contribution in [-0.2, 0) is 10.2 Å².